The highest BCUT2D eigenvalue weighted by molar-refractivity contribution is 7.80. The second-order valence-electron chi connectivity index (χ2n) is 7.66. The van der Waals surface area contributed by atoms with Crippen molar-refractivity contribution in [3.05, 3.63) is 109 Å². The number of carbonyl (C=O) groups excluding carboxylic acids is 1. The number of rotatable bonds is 6. The second-order valence-corrected chi connectivity index (χ2v) is 8.05. The zero-order chi connectivity index (χ0) is 22.6. The molecule has 1 aromatic carbocycles. The zero-order valence-electron chi connectivity index (χ0n) is 17.7. The van der Waals surface area contributed by atoms with Crippen molar-refractivity contribution in [3.63, 3.8) is 0 Å². The lowest BCUT2D eigenvalue weighted by Gasteiger charge is -2.28. The van der Waals surface area contributed by atoms with E-state index in [1.54, 1.807) is 12.4 Å². The van der Waals surface area contributed by atoms with Crippen molar-refractivity contribution >= 4 is 28.9 Å². The highest BCUT2D eigenvalue weighted by Gasteiger charge is 2.42. The second kappa shape index (κ2) is 9.22. The summed E-state index contributed by atoms with van der Waals surface area (Å²) < 4.78 is 2.03. The molecule has 0 aliphatic carbocycles. The highest BCUT2D eigenvalue weighted by Crippen LogP contribution is 2.39. The summed E-state index contributed by atoms with van der Waals surface area (Å²) in [6, 6.07) is 24.5. The highest BCUT2D eigenvalue weighted by atomic mass is 32.1. The van der Waals surface area contributed by atoms with Crippen LogP contribution in [0.4, 0.5) is 5.69 Å². The summed E-state index contributed by atoms with van der Waals surface area (Å²) >= 11 is 5.69. The Morgan fingerprint density at radius 1 is 0.939 bits per heavy atom. The molecule has 33 heavy (non-hydrogen) atoms. The van der Waals surface area contributed by atoms with Gasteiger partial charge in [0.15, 0.2) is 5.11 Å². The Balaban J connectivity index is 1.51. The molecule has 5 rings (SSSR count). The van der Waals surface area contributed by atoms with Crippen molar-refractivity contribution in [3.8, 4) is 5.82 Å². The van der Waals surface area contributed by atoms with Crippen molar-refractivity contribution in [1.29, 1.82) is 0 Å². The molecular weight excluding hydrogens is 432 g/mol. The molecule has 3 aromatic heterocycles. The minimum absolute atomic E-state index is 0.0993. The summed E-state index contributed by atoms with van der Waals surface area (Å²) in [6.07, 6.45) is 5.49. The van der Waals surface area contributed by atoms with Crippen LogP contribution >= 0.6 is 12.2 Å². The first-order valence-electron chi connectivity index (χ1n) is 10.6. The van der Waals surface area contributed by atoms with Gasteiger partial charge in [0.25, 0.3) is 0 Å². The van der Waals surface area contributed by atoms with E-state index < -0.39 is 0 Å². The van der Waals surface area contributed by atoms with Crippen molar-refractivity contribution in [2.75, 3.05) is 11.9 Å². The Labute approximate surface area is 197 Å². The lowest BCUT2D eigenvalue weighted by molar-refractivity contribution is -0.116. The number of benzene rings is 1. The van der Waals surface area contributed by atoms with Crippen LogP contribution < -0.4 is 10.6 Å². The summed E-state index contributed by atoms with van der Waals surface area (Å²) in [5.74, 6) is 0.650. The largest absolute Gasteiger partial charge is 0.352 e. The molecule has 0 radical (unpaired) electrons. The molecule has 1 fully saturated rings. The molecule has 7 nitrogen and oxygen atoms in total. The van der Waals surface area contributed by atoms with E-state index >= 15 is 0 Å². The van der Waals surface area contributed by atoms with Gasteiger partial charge in [0, 0.05) is 30.0 Å². The van der Waals surface area contributed by atoms with E-state index in [-0.39, 0.29) is 24.5 Å². The first-order valence-corrected chi connectivity index (χ1v) is 11.0. The number of nitrogens with zero attached hydrogens (tertiary/aromatic N) is 4. The van der Waals surface area contributed by atoms with E-state index in [0.29, 0.717) is 5.11 Å². The van der Waals surface area contributed by atoms with Gasteiger partial charge >= 0.3 is 0 Å². The molecule has 0 bridgehead atoms. The van der Waals surface area contributed by atoms with Crippen LogP contribution in [-0.2, 0) is 4.79 Å². The predicted octanol–water partition coefficient (Wildman–Crippen LogP) is 3.88. The number of para-hydroxylation sites is 1. The SMILES string of the molecule is O=C(CN1C(=S)NC(c2ccccn2)C1c1cccn1-c1ccccn1)Nc1ccccc1. The van der Waals surface area contributed by atoms with Crippen LogP contribution in [0.25, 0.3) is 5.82 Å². The molecule has 164 valence electrons. The maximum Gasteiger partial charge on any atom is 0.244 e. The van der Waals surface area contributed by atoms with Gasteiger partial charge in [-0.3, -0.25) is 9.78 Å². The topological polar surface area (TPSA) is 75.1 Å². The lowest BCUT2D eigenvalue weighted by atomic mass is 10.0. The van der Waals surface area contributed by atoms with Crippen molar-refractivity contribution in [2.45, 2.75) is 12.1 Å². The van der Waals surface area contributed by atoms with E-state index in [9.17, 15) is 4.79 Å². The minimum Gasteiger partial charge on any atom is -0.352 e. The van der Waals surface area contributed by atoms with Gasteiger partial charge < -0.3 is 20.1 Å². The predicted molar refractivity (Wildman–Crippen MR) is 131 cm³/mol. The third-order valence-corrected chi connectivity index (χ3v) is 5.90. The van der Waals surface area contributed by atoms with Crippen LogP contribution in [-0.4, -0.2) is 37.0 Å². The average Bonchev–Trinajstić information content (AvgIpc) is 3.45. The Bertz CT molecular complexity index is 1250. The van der Waals surface area contributed by atoms with E-state index in [4.69, 9.17) is 12.2 Å². The van der Waals surface area contributed by atoms with Crippen LogP contribution in [0.5, 0.6) is 0 Å². The number of hydrogen-bond donors (Lipinski definition) is 2. The molecule has 1 aliphatic heterocycles. The Morgan fingerprint density at radius 2 is 1.70 bits per heavy atom. The van der Waals surface area contributed by atoms with E-state index in [1.165, 1.54) is 0 Å². The Kier molecular flexibility index (Phi) is 5.82. The van der Waals surface area contributed by atoms with Crippen molar-refractivity contribution in [1.82, 2.24) is 24.8 Å². The number of nitrogens with one attached hydrogen (secondary N) is 2. The maximum absolute atomic E-state index is 13.0. The summed E-state index contributed by atoms with van der Waals surface area (Å²) in [7, 11) is 0. The maximum atomic E-state index is 13.0. The summed E-state index contributed by atoms with van der Waals surface area (Å²) in [4.78, 5) is 23.9. The third-order valence-electron chi connectivity index (χ3n) is 5.55. The normalized spacial score (nSPS) is 17.6. The van der Waals surface area contributed by atoms with Crippen LogP contribution in [0.1, 0.15) is 23.5 Å². The molecule has 2 unspecified atom stereocenters. The van der Waals surface area contributed by atoms with Gasteiger partial charge in [0.1, 0.15) is 12.4 Å². The number of amides is 1. The number of anilines is 1. The molecule has 1 aliphatic rings. The van der Waals surface area contributed by atoms with Gasteiger partial charge in [-0.15, -0.1) is 0 Å². The van der Waals surface area contributed by atoms with Gasteiger partial charge in [0.05, 0.1) is 17.8 Å². The van der Waals surface area contributed by atoms with E-state index in [0.717, 1.165) is 22.9 Å². The standard InChI is InChI=1S/C25H22N6OS/c32-22(28-18-9-2-1-3-10-18)17-31-24(23(29-25(31)33)19-11-4-6-14-26-19)20-12-8-16-30(20)21-13-5-7-15-27-21/h1-16,23-24H,17H2,(H,28,32)(H,29,33). The van der Waals surface area contributed by atoms with Crippen LogP contribution in [0.15, 0.2) is 97.5 Å². The van der Waals surface area contributed by atoms with Gasteiger partial charge in [-0.25, -0.2) is 4.98 Å². The van der Waals surface area contributed by atoms with Gasteiger partial charge in [-0.2, -0.15) is 0 Å². The molecule has 1 saturated heterocycles. The molecule has 0 saturated carbocycles. The summed E-state index contributed by atoms with van der Waals surface area (Å²) in [5.41, 5.74) is 2.56. The van der Waals surface area contributed by atoms with E-state index in [2.05, 4.69) is 20.6 Å². The lowest BCUT2D eigenvalue weighted by Crippen LogP contribution is -2.37. The van der Waals surface area contributed by atoms with Crippen LogP contribution in [0, 0.1) is 0 Å². The molecule has 2 atom stereocenters. The molecular formula is C25H22N6OS. The smallest absolute Gasteiger partial charge is 0.244 e. The van der Waals surface area contributed by atoms with Crippen molar-refractivity contribution < 1.29 is 4.79 Å². The number of carbonyl (C=O) groups is 1. The van der Waals surface area contributed by atoms with Gasteiger partial charge in [-0.1, -0.05) is 30.3 Å². The third kappa shape index (κ3) is 4.33. The number of pyridine rings is 2. The summed E-state index contributed by atoms with van der Waals surface area (Å²) in [5, 5.41) is 6.85. The average molecular weight is 455 g/mol. The van der Waals surface area contributed by atoms with Gasteiger partial charge in [0.2, 0.25) is 5.91 Å². The fourth-order valence-corrected chi connectivity index (χ4v) is 4.42. The van der Waals surface area contributed by atoms with Crippen molar-refractivity contribution in [2.24, 2.45) is 0 Å². The summed E-state index contributed by atoms with van der Waals surface area (Å²) in [6.45, 7) is 0.0993. The fraction of sp³-hybridized carbons (Fsp3) is 0.120. The molecule has 4 heterocycles. The molecule has 1 amide bonds. The van der Waals surface area contributed by atoms with Gasteiger partial charge in [-0.05, 0) is 60.7 Å². The number of hydrogen-bond acceptors (Lipinski definition) is 4. The first kappa shape index (κ1) is 20.8. The first-order chi connectivity index (χ1) is 16.2. The van der Waals surface area contributed by atoms with Crippen LogP contribution in [0.3, 0.4) is 0 Å². The zero-order valence-corrected chi connectivity index (χ0v) is 18.5. The Hall–Kier alpha value is -4.04. The molecule has 0 spiro atoms. The fourth-order valence-electron chi connectivity index (χ4n) is 4.11. The molecule has 2 N–H and O–H groups in total. The monoisotopic (exact) mass is 454 g/mol. The minimum atomic E-state index is -0.258. The molecule has 4 aromatic rings. The molecule has 8 heteroatoms. The van der Waals surface area contributed by atoms with E-state index in [1.807, 2.05) is 94.5 Å². The number of aromatic nitrogens is 3. The Morgan fingerprint density at radius 3 is 2.42 bits per heavy atom. The quantitative estimate of drug-likeness (QED) is 0.431. The van der Waals surface area contributed by atoms with Crippen LogP contribution in [0.2, 0.25) is 0 Å². The number of thiocarbonyl (C=S) groups is 1.